The van der Waals surface area contributed by atoms with Gasteiger partial charge in [-0.3, -0.25) is 9.59 Å². The summed E-state index contributed by atoms with van der Waals surface area (Å²) in [6.07, 6.45) is 1.76. The van der Waals surface area contributed by atoms with Crippen molar-refractivity contribution in [1.82, 2.24) is 20.4 Å². The van der Waals surface area contributed by atoms with E-state index in [9.17, 15) is 9.59 Å². The summed E-state index contributed by atoms with van der Waals surface area (Å²) in [6.45, 7) is 4.18. The Morgan fingerprint density at radius 3 is 1.67 bits per heavy atom. The zero-order valence-corrected chi connectivity index (χ0v) is 16.6. The lowest BCUT2D eigenvalue weighted by atomic mass is 10.2. The van der Waals surface area contributed by atoms with E-state index in [0.717, 1.165) is 23.5 Å². The van der Waals surface area contributed by atoms with Crippen LogP contribution in [0.1, 0.15) is 32.0 Å². The summed E-state index contributed by atoms with van der Waals surface area (Å²) in [7, 11) is 0. The van der Waals surface area contributed by atoms with Crippen molar-refractivity contribution in [3.05, 3.63) is 11.8 Å². The predicted octanol–water partition coefficient (Wildman–Crippen LogP) is 1.94. The molecule has 27 heavy (non-hydrogen) atoms. The quantitative estimate of drug-likeness (QED) is 0.370. The molecule has 0 fully saturated rings. The third-order valence-corrected chi connectivity index (χ3v) is 4.50. The van der Waals surface area contributed by atoms with E-state index in [0.29, 0.717) is 54.7 Å². The average molecular weight is 416 g/mol. The topological polar surface area (TPSA) is 130 Å². The van der Waals surface area contributed by atoms with Gasteiger partial charge in [-0.25, -0.2) is 0 Å². The SMILES string of the molecule is CCOC(=O)CSc1nnc(CCCc2nnc(SCC(=O)OCC)o2)o1. The van der Waals surface area contributed by atoms with Crippen LogP contribution in [-0.4, -0.2) is 57.1 Å². The molecular weight excluding hydrogens is 396 g/mol. The highest BCUT2D eigenvalue weighted by atomic mass is 32.2. The second-order valence-corrected chi connectivity index (χ2v) is 6.82. The third-order valence-electron chi connectivity index (χ3n) is 2.92. The lowest BCUT2D eigenvalue weighted by Crippen LogP contribution is -2.06. The van der Waals surface area contributed by atoms with Gasteiger partial charge in [0, 0.05) is 12.8 Å². The van der Waals surface area contributed by atoms with Crippen molar-refractivity contribution >= 4 is 35.5 Å². The molecule has 0 spiro atoms. The van der Waals surface area contributed by atoms with Gasteiger partial charge in [0.2, 0.25) is 11.8 Å². The molecule has 0 aromatic carbocycles. The Bertz CT molecular complexity index is 675. The van der Waals surface area contributed by atoms with Gasteiger partial charge in [0.25, 0.3) is 10.4 Å². The van der Waals surface area contributed by atoms with Crippen molar-refractivity contribution in [3.8, 4) is 0 Å². The molecule has 10 nitrogen and oxygen atoms in total. The van der Waals surface area contributed by atoms with Crippen molar-refractivity contribution in [2.24, 2.45) is 0 Å². The molecule has 0 radical (unpaired) electrons. The highest BCUT2D eigenvalue weighted by molar-refractivity contribution is 7.99. The van der Waals surface area contributed by atoms with Gasteiger partial charge in [-0.15, -0.1) is 20.4 Å². The maximum absolute atomic E-state index is 11.3. The molecule has 2 aromatic heterocycles. The van der Waals surface area contributed by atoms with E-state index < -0.39 is 0 Å². The van der Waals surface area contributed by atoms with Gasteiger partial charge in [-0.05, 0) is 20.3 Å². The number of aryl methyl sites for hydroxylation is 2. The summed E-state index contributed by atoms with van der Waals surface area (Å²) in [5.41, 5.74) is 0. The first-order chi connectivity index (χ1) is 13.1. The Balaban J connectivity index is 1.68. The number of aromatic nitrogens is 4. The van der Waals surface area contributed by atoms with Crippen LogP contribution in [0, 0.1) is 0 Å². The van der Waals surface area contributed by atoms with Crippen molar-refractivity contribution in [2.45, 2.75) is 43.6 Å². The lowest BCUT2D eigenvalue weighted by Gasteiger charge is -1.98. The maximum Gasteiger partial charge on any atom is 0.316 e. The second kappa shape index (κ2) is 11.6. The van der Waals surface area contributed by atoms with Gasteiger partial charge >= 0.3 is 11.9 Å². The van der Waals surface area contributed by atoms with Gasteiger partial charge in [0.15, 0.2) is 0 Å². The molecule has 0 aliphatic rings. The summed E-state index contributed by atoms with van der Waals surface area (Å²) in [6, 6.07) is 0. The van der Waals surface area contributed by atoms with E-state index in [-0.39, 0.29) is 23.4 Å². The first kappa shape index (κ1) is 21.2. The zero-order chi connectivity index (χ0) is 19.5. The minimum Gasteiger partial charge on any atom is -0.465 e. The van der Waals surface area contributed by atoms with Gasteiger partial charge in [-0.2, -0.15) is 0 Å². The number of hydrogen-bond donors (Lipinski definition) is 0. The van der Waals surface area contributed by atoms with Gasteiger partial charge in [0.1, 0.15) is 11.5 Å². The van der Waals surface area contributed by atoms with E-state index in [4.69, 9.17) is 18.3 Å². The minimum atomic E-state index is -0.324. The number of hydrogen-bond acceptors (Lipinski definition) is 12. The van der Waals surface area contributed by atoms with E-state index in [1.54, 1.807) is 13.8 Å². The number of ether oxygens (including phenoxy) is 2. The van der Waals surface area contributed by atoms with Crippen LogP contribution in [0.3, 0.4) is 0 Å². The molecule has 2 aromatic rings. The normalized spacial score (nSPS) is 10.7. The largest absolute Gasteiger partial charge is 0.465 e. The molecular formula is C15H20N4O6S2. The summed E-state index contributed by atoms with van der Waals surface area (Å²) < 4.78 is 20.6. The Morgan fingerprint density at radius 2 is 1.26 bits per heavy atom. The first-order valence-corrected chi connectivity index (χ1v) is 10.3. The smallest absolute Gasteiger partial charge is 0.316 e. The molecule has 0 saturated heterocycles. The number of rotatable bonds is 12. The summed E-state index contributed by atoms with van der Waals surface area (Å²) in [4.78, 5) is 22.6. The maximum atomic E-state index is 11.3. The van der Waals surface area contributed by atoms with Gasteiger partial charge in [-0.1, -0.05) is 23.5 Å². The Labute approximate surface area is 164 Å². The molecule has 0 aliphatic carbocycles. The number of carbonyl (C=O) groups is 2. The van der Waals surface area contributed by atoms with E-state index in [1.165, 1.54) is 0 Å². The van der Waals surface area contributed by atoms with Crippen LogP contribution in [0.15, 0.2) is 19.3 Å². The highest BCUT2D eigenvalue weighted by Gasteiger charge is 2.12. The van der Waals surface area contributed by atoms with E-state index in [2.05, 4.69) is 20.4 Å². The van der Waals surface area contributed by atoms with E-state index in [1.807, 2.05) is 0 Å². The molecule has 0 atom stereocenters. The summed E-state index contributed by atoms with van der Waals surface area (Å²) in [5.74, 6) is 0.550. The zero-order valence-electron chi connectivity index (χ0n) is 15.0. The van der Waals surface area contributed by atoms with Crippen LogP contribution in [0.25, 0.3) is 0 Å². The fraction of sp³-hybridized carbons (Fsp3) is 0.600. The standard InChI is InChI=1S/C15H20N4O6S2/c1-3-22-12(20)8-26-14-18-16-10(24-14)6-5-7-11-17-19-15(25-11)27-9-13(21)23-4-2/h3-9H2,1-2H3. The molecule has 12 heteroatoms. The summed E-state index contributed by atoms with van der Waals surface area (Å²) >= 11 is 2.27. The molecule has 0 bridgehead atoms. The van der Waals surface area contributed by atoms with Crippen LogP contribution in [-0.2, 0) is 31.9 Å². The third kappa shape index (κ3) is 7.99. The van der Waals surface area contributed by atoms with Crippen LogP contribution >= 0.6 is 23.5 Å². The monoisotopic (exact) mass is 416 g/mol. The second-order valence-electron chi connectivity index (χ2n) is 4.96. The molecule has 0 unspecified atom stereocenters. The Kier molecular flexibility index (Phi) is 9.11. The van der Waals surface area contributed by atoms with Crippen molar-refractivity contribution in [2.75, 3.05) is 24.7 Å². The summed E-state index contributed by atoms with van der Waals surface area (Å²) in [5, 5.41) is 16.3. The van der Waals surface area contributed by atoms with Gasteiger partial charge in [0.05, 0.1) is 13.2 Å². The highest BCUT2D eigenvalue weighted by Crippen LogP contribution is 2.19. The Morgan fingerprint density at radius 1 is 0.815 bits per heavy atom. The number of esters is 2. The van der Waals surface area contributed by atoms with Crippen LogP contribution < -0.4 is 0 Å². The minimum absolute atomic E-state index is 0.129. The molecule has 0 amide bonds. The molecule has 148 valence electrons. The lowest BCUT2D eigenvalue weighted by molar-refractivity contribution is -0.140. The molecule has 0 saturated carbocycles. The van der Waals surface area contributed by atoms with E-state index >= 15 is 0 Å². The van der Waals surface area contributed by atoms with Crippen LogP contribution in [0.4, 0.5) is 0 Å². The van der Waals surface area contributed by atoms with Crippen LogP contribution in [0.2, 0.25) is 0 Å². The molecule has 0 N–H and O–H groups in total. The average Bonchev–Trinajstić information content (AvgIpc) is 3.28. The molecule has 0 aliphatic heterocycles. The first-order valence-electron chi connectivity index (χ1n) is 8.32. The van der Waals surface area contributed by atoms with Crippen molar-refractivity contribution < 1.29 is 27.9 Å². The fourth-order valence-corrected chi connectivity index (χ4v) is 2.99. The predicted molar refractivity (Wildman–Crippen MR) is 95.3 cm³/mol. The van der Waals surface area contributed by atoms with Crippen molar-refractivity contribution in [1.29, 1.82) is 0 Å². The Hall–Kier alpha value is -2.08. The van der Waals surface area contributed by atoms with Crippen LogP contribution in [0.5, 0.6) is 0 Å². The van der Waals surface area contributed by atoms with Crippen molar-refractivity contribution in [3.63, 3.8) is 0 Å². The number of nitrogens with zero attached hydrogens (tertiary/aromatic N) is 4. The number of thioether (sulfide) groups is 2. The molecule has 2 rings (SSSR count). The fourth-order valence-electron chi connectivity index (χ4n) is 1.83. The molecule has 2 heterocycles. The number of carbonyl (C=O) groups excluding carboxylic acids is 2. The van der Waals surface area contributed by atoms with Gasteiger partial charge < -0.3 is 18.3 Å².